The molecule has 0 radical (unpaired) electrons. The average Bonchev–Trinajstić information content (AvgIpc) is 2.96. The normalized spacial score (nSPS) is 11.1. The minimum Gasteiger partial charge on any atom is -0.364 e. The Hall–Kier alpha value is -1.03. The van der Waals surface area contributed by atoms with Crippen LogP contribution in [0.15, 0.2) is 35.7 Å². The molecule has 2 aromatic rings. The van der Waals surface area contributed by atoms with Gasteiger partial charge in [-0.15, -0.1) is 11.3 Å². The van der Waals surface area contributed by atoms with E-state index in [2.05, 4.69) is 60.6 Å². The van der Waals surface area contributed by atoms with Gasteiger partial charge in [-0.2, -0.15) is 0 Å². The topological polar surface area (TPSA) is 15.3 Å². The molecule has 0 spiro atoms. The van der Waals surface area contributed by atoms with E-state index in [1.54, 1.807) is 11.3 Å². The predicted octanol–water partition coefficient (Wildman–Crippen LogP) is 4.93. The molecule has 2 rings (SSSR count). The molecule has 0 aliphatic rings. The van der Waals surface area contributed by atoms with Crippen molar-refractivity contribution in [2.45, 2.75) is 39.9 Å². The van der Waals surface area contributed by atoms with Crippen LogP contribution in [0.3, 0.4) is 0 Å². The summed E-state index contributed by atoms with van der Waals surface area (Å²) in [4.78, 5) is 3.82. The fourth-order valence-electron chi connectivity index (χ4n) is 2.35. The summed E-state index contributed by atoms with van der Waals surface area (Å²) in [6.07, 6.45) is 0. The van der Waals surface area contributed by atoms with Crippen LogP contribution in [0.5, 0.6) is 0 Å². The first-order valence-electron chi connectivity index (χ1n) is 7.40. The molecule has 21 heavy (non-hydrogen) atoms. The van der Waals surface area contributed by atoms with E-state index in [0.717, 1.165) is 24.7 Å². The molecule has 4 heteroatoms. The molecule has 0 atom stereocenters. The van der Waals surface area contributed by atoms with Crippen LogP contribution in [0.4, 0.5) is 5.69 Å². The van der Waals surface area contributed by atoms with Gasteiger partial charge in [0.05, 0.1) is 6.54 Å². The van der Waals surface area contributed by atoms with E-state index < -0.39 is 0 Å². The third-order valence-corrected chi connectivity index (χ3v) is 4.54. The van der Waals surface area contributed by atoms with Gasteiger partial charge in [0.1, 0.15) is 0 Å². The molecule has 2 nitrogen and oxygen atoms in total. The largest absolute Gasteiger partial charge is 0.364 e. The number of anilines is 1. The van der Waals surface area contributed by atoms with Crippen LogP contribution in [0.2, 0.25) is 5.02 Å². The Balaban J connectivity index is 2.30. The molecule has 0 aliphatic carbocycles. The van der Waals surface area contributed by atoms with Crippen molar-refractivity contribution in [3.8, 4) is 0 Å². The van der Waals surface area contributed by atoms with Crippen molar-refractivity contribution in [1.82, 2.24) is 5.32 Å². The fraction of sp³-hybridized carbons (Fsp3) is 0.412. The van der Waals surface area contributed by atoms with E-state index in [0.29, 0.717) is 6.04 Å². The van der Waals surface area contributed by atoms with E-state index in [1.807, 2.05) is 6.07 Å². The van der Waals surface area contributed by atoms with E-state index >= 15 is 0 Å². The van der Waals surface area contributed by atoms with Crippen LogP contribution < -0.4 is 10.2 Å². The van der Waals surface area contributed by atoms with E-state index in [1.165, 1.54) is 16.1 Å². The number of nitrogens with one attached hydrogen (secondary N) is 1. The SMILES string of the molecule is CCNCc1cc(Cl)ccc1N(Cc1cccs1)C(C)C. The van der Waals surface area contributed by atoms with Crippen molar-refractivity contribution < 1.29 is 0 Å². The molecule has 0 unspecified atom stereocenters. The lowest BCUT2D eigenvalue weighted by Crippen LogP contribution is -2.31. The van der Waals surface area contributed by atoms with Crippen LogP contribution in [0.1, 0.15) is 31.2 Å². The van der Waals surface area contributed by atoms with Crippen molar-refractivity contribution >= 4 is 28.6 Å². The molecule has 1 aromatic carbocycles. The number of hydrogen-bond acceptors (Lipinski definition) is 3. The van der Waals surface area contributed by atoms with Gasteiger partial charge in [-0.3, -0.25) is 0 Å². The predicted molar refractivity (Wildman–Crippen MR) is 94.5 cm³/mol. The second-order valence-electron chi connectivity index (χ2n) is 5.35. The molecule has 0 saturated heterocycles. The zero-order valence-corrected chi connectivity index (χ0v) is 14.5. The van der Waals surface area contributed by atoms with Gasteiger partial charge in [0.15, 0.2) is 0 Å². The summed E-state index contributed by atoms with van der Waals surface area (Å²) in [6.45, 7) is 9.34. The Morgan fingerprint density at radius 2 is 2.10 bits per heavy atom. The van der Waals surface area contributed by atoms with Gasteiger partial charge in [0.25, 0.3) is 0 Å². The van der Waals surface area contributed by atoms with Crippen LogP contribution >= 0.6 is 22.9 Å². The summed E-state index contributed by atoms with van der Waals surface area (Å²) in [6, 6.07) is 10.9. The van der Waals surface area contributed by atoms with Crippen molar-refractivity contribution in [3.63, 3.8) is 0 Å². The summed E-state index contributed by atoms with van der Waals surface area (Å²) in [5.74, 6) is 0. The van der Waals surface area contributed by atoms with Gasteiger partial charge < -0.3 is 10.2 Å². The maximum atomic E-state index is 6.18. The molecule has 1 heterocycles. The Kier molecular flexibility index (Phi) is 6.09. The lowest BCUT2D eigenvalue weighted by Gasteiger charge is -2.31. The molecule has 0 bridgehead atoms. The highest BCUT2D eigenvalue weighted by atomic mass is 35.5. The minimum atomic E-state index is 0.439. The van der Waals surface area contributed by atoms with Gasteiger partial charge in [-0.05, 0) is 55.6 Å². The summed E-state index contributed by atoms with van der Waals surface area (Å²) in [5, 5.41) is 6.33. The number of benzene rings is 1. The van der Waals surface area contributed by atoms with Gasteiger partial charge in [-0.25, -0.2) is 0 Å². The summed E-state index contributed by atoms with van der Waals surface area (Å²) < 4.78 is 0. The fourth-order valence-corrected chi connectivity index (χ4v) is 3.25. The minimum absolute atomic E-state index is 0.439. The number of rotatable bonds is 7. The number of halogens is 1. The molecular formula is C17H23ClN2S. The first kappa shape index (κ1) is 16.3. The lowest BCUT2D eigenvalue weighted by molar-refractivity contribution is 0.671. The second-order valence-corrected chi connectivity index (χ2v) is 6.82. The molecule has 1 aromatic heterocycles. The molecular weight excluding hydrogens is 300 g/mol. The van der Waals surface area contributed by atoms with Crippen LogP contribution in [-0.4, -0.2) is 12.6 Å². The molecule has 0 aliphatic heterocycles. The number of thiophene rings is 1. The van der Waals surface area contributed by atoms with E-state index in [9.17, 15) is 0 Å². The first-order valence-corrected chi connectivity index (χ1v) is 8.65. The zero-order valence-electron chi connectivity index (χ0n) is 12.9. The molecule has 114 valence electrons. The lowest BCUT2D eigenvalue weighted by atomic mass is 10.1. The third kappa shape index (κ3) is 4.47. The highest BCUT2D eigenvalue weighted by molar-refractivity contribution is 7.09. The molecule has 0 amide bonds. The van der Waals surface area contributed by atoms with Crippen molar-refractivity contribution in [1.29, 1.82) is 0 Å². The molecule has 0 saturated carbocycles. The summed E-state index contributed by atoms with van der Waals surface area (Å²) in [7, 11) is 0. The van der Waals surface area contributed by atoms with Gasteiger partial charge in [0, 0.05) is 28.2 Å². The number of hydrogen-bond donors (Lipinski definition) is 1. The summed E-state index contributed by atoms with van der Waals surface area (Å²) >= 11 is 7.99. The van der Waals surface area contributed by atoms with Gasteiger partial charge in [0.2, 0.25) is 0 Å². The van der Waals surface area contributed by atoms with Crippen LogP contribution in [0, 0.1) is 0 Å². The van der Waals surface area contributed by atoms with E-state index in [4.69, 9.17) is 11.6 Å². The Bertz CT molecular complexity index is 552. The Labute approximate surface area is 136 Å². The molecule has 1 N–H and O–H groups in total. The van der Waals surface area contributed by atoms with Gasteiger partial charge >= 0.3 is 0 Å². The summed E-state index contributed by atoms with van der Waals surface area (Å²) in [5.41, 5.74) is 2.53. The zero-order chi connectivity index (χ0) is 15.2. The highest BCUT2D eigenvalue weighted by Gasteiger charge is 2.15. The maximum Gasteiger partial charge on any atom is 0.0525 e. The van der Waals surface area contributed by atoms with Crippen molar-refractivity contribution in [2.75, 3.05) is 11.4 Å². The highest BCUT2D eigenvalue weighted by Crippen LogP contribution is 2.28. The molecule has 0 fully saturated rings. The second kappa shape index (κ2) is 7.83. The first-order chi connectivity index (χ1) is 10.1. The average molecular weight is 323 g/mol. The smallest absolute Gasteiger partial charge is 0.0525 e. The quantitative estimate of drug-likeness (QED) is 0.777. The van der Waals surface area contributed by atoms with Crippen LogP contribution in [-0.2, 0) is 13.1 Å². The Morgan fingerprint density at radius 1 is 1.29 bits per heavy atom. The van der Waals surface area contributed by atoms with E-state index in [-0.39, 0.29) is 0 Å². The standard InChI is InChI=1S/C17H23ClN2S/c1-4-19-11-14-10-15(18)7-8-17(14)20(13(2)3)12-16-6-5-9-21-16/h5-10,13,19H,4,11-12H2,1-3H3. The van der Waals surface area contributed by atoms with Crippen LogP contribution in [0.25, 0.3) is 0 Å². The maximum absolute atomic E-state index is 6.18. The Morgan fingerprint density at radius 3 is 2.71 bits per heavy atom. The monoisotopic (exact) mass is 322 g/mol. The van der Waals surface area contributed by atoms with Crippen molar-refractivity contribution in [2.24, 2.45) is 0 Å². The van der Waals surface area contributed by atoms with Crippen molar-refractivity contribution in [3.05, 3.63) is 51.2 Å². The third-order valence-electron chi connectivity index (χ3n) is 3.45. The van der Waals surface area contributed by atoms with Gasteiger partial charge in [-0.1, -0.05) is 24.6 Å². The number of nitrogens with zero attached hydrogens (tertiary/aromatic N) is 1.